The highest BCUT2D eigenvalue weighted by atomic mass is 35.5. The average molecular weight is 322 g/mol. The van der Waals surface area contributed by atoms with Crippen LogP contribution >= 0.6 is 11.6 Å². The number of sulfonamides is 1. The molecule has 1 aromatic rings. The highest BCUT2D eigenvalue weighted by Crippen LogP contribution is 2.20. The smallest absolute Gasteiger partial charge is 0.337 e. The Morgan fingerprint density at radius 1 is 1.50 bits per heavy atom. The lowest BCUT2D eigenvalue weighted by Gasteiger charge is -2.16. The van der Waals surface area contributed by atoms with Crippen LogP contribution in [-0.2, 0) is 14.8 Å². The van der Waals surface area contributed by atoms with E-state index in [9.17, 15) is 13.2 Å². The number of methoxy groups -OCH3 is 1. The number of halogens is 1. The molecular weight excluding hydrogens is 306 g/mol. The van der Waals surface area contributed by atoms with Crippen molar-refractivity contribution in [3.63, 3.8) is 0 Å². The van der Waals surface area contributed by atoms with Crippen molar-refractivity contribution >= 4 is 27.6 Å². The minimum atomic E-state index is -3.82. The van der Waals surface area contributed by atoms with Crippen LogP contribution in [0.5, 0.6) is 0 Å². The van der Waals surface area contributed by atoms with Crippen LogP contribution in [0.1, 0.15) is 23.7 Å². The van der Waals surface area contributed by atoms with Gasteiger partial charge in [-0.15, -0.1) is 0 Å². The van der Waals surface area contributed by atoms with Gasteiger partial charge in [0.2, 0.25) is 10.0 Å². The Kier molecular flexibility index (Phi) is 5.94. The van der Waals surface area contributed by atoms with Crippen LogP contribution in [0.15, 0.2) is 23.1 Å². The first-order chi connectivity index (χ1) is 9.31. The molecule has 2 N–H and O–H groups in total. The molecule has 0 aliphatic heterocycles. The molecule has 112 valence electrons. The van der Waals surface area contributed by atoms with Gasteiger partial charge in [-0.05, 0) is 24.6 Å². The number of nitrogens with one attached hydrogen (secondary N) is 1. The van der Waals surface area contributed by atoms with Gasteiger partial charge in [0.15, 0.2) is 0 Å². The number of carboxylic acids is 1. The molecule has 20 heavy (non-hydrogen) atoms. The van der Waals surface area contributed by atoms with Crippen molar-refractivity contribution in [3.8, 4) is 0 Å². The number of rotatable bonds is 7. The van der Waals surface area contributed by atoms with Gasteiger partial charge in [-0.2, -0.15) is 0 Å². The number of hydrogen-bond donors (Lipinski definition) is 2. The molecule has 0 bridgehead atoms. The van der Waals surface area contributed by atoms with Gasteiger partial charge in [-0.1, -0.05) is 18.5 Å². The lowest BCUT2D eigenvalue weighted by Crippen LogP contribution is -2.37. The van der Waals surface area contributed by atoms with Gasteiger partial charge >= 0.3 is 5.97 Å². The first-order valence-corrected chi connectivity index (χ1v) is 7.72. The van der Waals surface area contributed by atoms with Crippen molar-refractivity contribution < 1.29 is 23.1 Å². The lowest BCUT2D eigenvalue weighted by molar-refractivity contribution is 0.0697. The maximum Gasteiger partial charge on any atom is 0.337 e. The quantitative estimate of drug-likeness (QED) is 0.798. The second-order valence-electron chi connectivity index (χ2n) is 4.13. The third kappa shape index (κ3) is 4.17. The molecule has 1 rings (SSSR count). The van der Waals surface area contributed by atoms with E-state index in [1.165, 1.54) is 19.2 Å². The van der Waals surface area contributed by atoms with E-state index >= 15 is 0 Å². The Hall–Kier alpha value is -1.15. The molecule has 1 atom stereocenters. The van der Waals surface area contributed by atoms with Gasteiger partial charge in [0.25, 0.3) is 0 Å². The summed E-state index contributed by atoms with van der Waals surface area (Å²) in [7, 11) is -2.34. The maximum atomic E-state index is 12.2. The Morgan fingerprint density at radius 3 is 2.65 bits per heavy atom. The second kappa shape index (κ2) is 7.03. The first-order valence-electron chi connectivity index (χ1n) is 5.86. The summed E-state index contributed by atoms with van der Waals surface area (Å²) in [5.41, 5.74) is -0.255. The van der Waals surface area contributed by atoms with Gasteiger partial charge in [-0.25, -0.2) is 17.9 Å². The van der Waals surface area contributed by atoms with Crippen molar-refractivity contribution in [1.82, 2.24) is 4.72 Å². The molecule has 1 unspecified atom stereocenters. The molecular formula is C12H16ClNO5S. The zero-order valence-corrected chi connectivity index (χ0v) is 12.7. The number of hydrogen-bond acceptors (Lipinski definition) is 4. The molecule has 6 nitrogen and oxygen atoms in total. The van der Waals surface area contributed by atoms with Crippen molar-refractivity contribution in [2.24, 2.45) is 0 Å². The van der Waals surface area contributed by atoms with Crippen LogP contribution in [-0.4, -0.2) is 39.3 Å². The maximum absolute atomic E-state index is 12.2. The normalized spacial score (nSPS) is 13.2. The fourth-order valence-electron chi connectivity index (χ4n) is 1.56. The summed E-state index contributed by atoms with van der Waals surface area (Å²) in [6, 6.07) is 3.16. The van der Waals surface area contributed by atoms with E-state index in [-0.39, 0.29) is 28.1 Å². The van der Waals surface area contributed by atoms with E-state index < -0.39 is 16.0 Å². The number of ether oxygens (including phenoxy) is 1. The van der Waals surface area contributed by atoms with Crippen LogP contribution in [0.4, 0.5) is 0 Å². The molecule has 8 heteroatoms. The molecule has 0 fully saturated rings. The molecule has 1 aromatic carbocycles. The van der Waals surface area contributed by atoms with Crippen molar-refractivity contribution in [2.75, 3.05) is 13.7 Å². The van der Waals surface area contributed by atoms with Gasteiger partial charge in [0.1, 0.15) is 0 Å². The number of carbonyl (C=O) groups is 1. The lowest BCUT2D eigenvalue weighted by atomic mass is 10.2. The van der Waals surface area contributed by atoms with E-state index in [0.717, 1.165) is 6.07 Å². The molecule has 0 saturated heterocycles. The summed E-state index contributed by atoms with van der Waals surface area (Å²) in [4.78, 5) is 10.8. The van der Waals surface area contributed by atoms with Crippen molar-refractivity contribution in [2.45, 2.75) is 24.3 Å². The molecule has 0 aliphatic rings. The summed E-state index contributed by atoms with van der Waals surface area (Å²) in [6.07, 6.45) is 0.548. The highest BCUT2D eigenvalue weighted by molar-refractivity contribution is 7.89. The molecule has 0 heterocycles. The molecule has 0 aliphatic carbocycles. The summed E-state index contributed by atoms with van der Waals surface area (Å²) in [6.45, 7) is 2.05. The SMILES string of the molecule is CCC(COC)NS(=O)(=O)c1ccc(Cl)c(C(=O)O)c1. The minimum absolute atomic E-state index is 0.0135. The third-order valence-corrected chi connectivity index (χ3v) is 4.51. The first kappa shape index (κ1) is 16.9. The van der Waals surface area contributed by atoms with Crippen LogP contribution in [0.2, 0.25) is 5.02 Å². The fourth-order valence-corrected chi connectivity index (χ4v) is 3.09. The number of carboxylic acid groups (broad SMARTS) is 1. The van der Waals surface area contributed by atoms with E-state index in [1.807, 2.05) is 6.92 Å². The highest BCUT2D eigenvalue weighted by Gasteiger charge is 2.21. The summed E-state index contributed by atoms with van der Waals surface area (Å²) in [5.74, 6) is -1.28. The molecule has 0 aromatic heterocycles. The minimum Gasteiger partial charge on any atom is -0.478 e. The molecule has 0 amide bonds. The van der Waals surface area contributed by atoms with Crippen LogP contribution in [0, 0.1) is 0 Å². The third-order valence-electron chi connectivity index (χ3n) is 2.66. The molecule has 0 spiro atoms. The Morgan fingerprint density at radius 2 is 2.15 bits per heavy atom. The van der Waals surface area contributed by atoms with Crippen LogP contribution in [0.3, 0.4) is 0 Å². The topological polar surface area (TPSA) is 92.7 Å². The van der Waals surface area contributed by atoms with E-state index in [1.54, 1.807) is 0 Å². The zero-order valence-electron chi connectivity index (χ0n) is 11.1. The predicted molar refractivity (Wildman–Crippen MR) is 74.7 cm³/mol. The van der Waals surface area contributed by atoms with Gasteiger partial charge in [0.05, 0.1) is 22.1 Å². The standard InChI is InChI=1S/C12H16ClNO5S/c1-3-8(7-19-2)14-20(17,18)9-4-5-11(13)10(6-9)12(15)16/h4-6,8,14H,3,7H2,1-2H3,(H,15,16). The van der Waals surface area contributed by atoms with Gasteiger partial charge < -0.3 is 9.84 Å². The largest absolute Gasteiger partial charge is 0.478 e. The average Bonchev–Trinajstić information content (AvgIpc) is 2.37. The Labute approximate surface area is 122 Å². The van der Waals surface area contributed by atoms with Crippen LogP contribution < -0.4 is 4.72 Å². The van der Waals surface area contributed by atoms with E-state index in [0.29, 0.717) is 6.42 Å². The van der Waals surface area contributed by atoms with E-state index in [4.69, 9.17) is 21.4 Å². The fraction of sp³-hybridized carbons (Fsp3) is 0.417. The van der Waals surface area contributed by atoms with Crippen molar-refractivity contribution in [3.05, 3.63) is 28.8 Å². The summed E-state index contributed by atoms with van der Waals surface area (Å²) >= 11 is 5.71. The zero-order chi connectivity index (χ0) is 15.3. The summed E-state index contributed by atoms with van der Waals surface area (Å²) in [5, 5.41) is 8.93. The Balaban J connectivity index is 3.09. The summed E-state index contributed by atoms with van der Waals surface area (Å²) < 4.78 is 31.7. The number of benzene rings is 1. The van der Waals surface area contributed by atoms with E-state index in [2.05, 4.69) is 4.72 Å². The van der Waals surface area contributed by atoms with Gasteiger partial charge in [-0.3, -0.25) is 0 Å². The number of aromatic carboxylic acids is 1. The molecule has 0 saturated carbocycles. The Bertz CT molecular complexity index is 588. The van der Waals surface area contributed by atoms with Gasteiger partial charge in [0, 0.05) is 13.2 Å². The van der Waals surface area contributed by atoms with Crippen LogP contribution in [0.25, 0.3) is 0 Å². The van der Waals surface area contributed by atoms with Crippen molar-refractivity contribution in [1.29, 1.82) is 0 Å². The second-order valence-corrected chi connectivity index (χ2v) is 6.25. The predicted octanol–water partition coefficient (Wildman–Crippen LogP) is 1.74. The monoisotopic (exact) mass is 321 g/mol. The molecule has 0 radical (unpaired) electrons.